The second kappa shape index (κ2) is 5.78. The fourth-order valence-electron chi connectivity index (χ4n) is 2.90. The van der Waals surface area contributed by atoms with Crippen molar-refractivity contribution in [2.75, 3.05) is 26.7 Å². The highest BCUT2D eigenvalue weighted by Gasteiger charge is 2.38. The number of nitrogens with one attached hydrogen (secondary N) is 1. The molecular weight excluding hydrogens is 284 g/mol. The number of hydrogen-bond donors (Lipinski definition) is 1. The standard InChI is InChI=1S/C15H26N4O3/c1-10-7-18(9-13(21)17(10)5)14(22)16-11-6-12(20)19(8-11)15(2,3)4/h10-11H,6-9H2,1-5H3,(H,16,22). The van der Waals surface area contributed by atoms with E-state index in [1.165, 1.54) is 4.90 Å². The number of amides is 4. The Kier molecular flexibility index (Phi) is 4.35. The molecule has 0 saturated carbocycles. The minimum Gasteiger partial charge on any atom is -0.340 e. The first-order chi connectivity index (χ1) is 10.1. The van der Waals surface area contributed by atoms with Gasteiger partial charge in [0.1, 0.15) is 6.54 Å². The lowest BCUT2D eigenvalue weighted by Gasteiger charge is -2.37. The molecule has 0 spiro atoms. The second-order valence-electron chi connectivity index (χ2n) is 7.26. The summed E-state index contributed by atoms with van der Waals surface area (Å²) in [6, 6.07) is -0.450. The molecule has 7 heteroatoms. The number of likely N-dealkylation sites (N-methyl/N-ethyl adjacent to an activating group) is 1. The van der Waals surface area contributed by atoms with Gasteiger partial charge in [0.15, 0.2) is 0 Å². The van der Waals surface area contributed by atoms with Crippen LogP contribution in [-0.4, -0.2) is 76.8 Å². The van der Waals surface area contributed by atoms with Crippen molar-refractivity contribution in [3.63, 3.8) is 0 Å². The van der Waals surface area contributed by atoms with Crippen LogP contribution >= 0.6 is 0 Å². The zero-order chi connectivity index (χ0) is 16.7. The monoisotopic (exact) mass is 310 g/mol. The van der Waals surface area contributed by atoms with Crippen molar-refractivity contribution in [1.29, 1.82) is 0 Å². The van der Waals surface area contributed by atoms with Crippen LogP contribution in [0.3, 0.4) is 0 Å². The topological polar surface area (TPSA) is 73.0 Å². The average Bonchev–Trinajstić information content (AvgIpc) is 2.76. The molecule has 2 saturated heterocycles. The van der Waals surface area contributed by atoms with Gasteiger partial charge in [-0.1, -0.05) is 0 Å². The highest BCUT2D eigenvalue weighted by molar-refractivity contribution is 5.86. The molecule has 0 aromatic heterocycles. The fourth-order valence-corrected chi connectivity index (χ4v) is 2.90. The van der Waals surface area contributed by atoms with Crippen LogP contribution in [-0.2, 0) is 9.59 Å². The summed E-state index contributed by atoms with van der Waals surface area (Å²) in [5.74, 6) is -0.00617. The third-order valence-corrected chi connectivity index (χ3v) is 4.41. The van der Waals surface area contributed by atoms with Crippen molar-refractivity contribution < 1.29 is 14.4 Å². The number of likely N-dealkylation sites (tertiary alicyclic amines) is 1. The maximum atomic E-state index is 12.3. The first kappa shape index (κ1) is 16.6. The van der Waals surface area contributed by atoms with Gasteiger partial charge < -0.3 is 20.0 Å². The van der Waals surface area contributed by atoms with Gasteiger partial charge in [-0.15, -0.1) is 0 Å². The molecule has 7 nitrogen and oxygen atoms in total. The van der Waals surface area contributed by atoms with Crippen molar-refractivity contribution in [2.45, 2.75) is 51.7 Å². The summed E-state index contributed by atoms with van der Waals surface area (Å²) in [6.45, 7) is 8.99. The van der Waals surface area contributed by atoms with Crippen LogP contribution in [0.15, 0.2) is 0 Å². The van der Waals surface area contributed by atoms with Gasteiger partial charge in [0.05, 0.1) is 6.04 Å². The molecule has 2 atom stereocenters. The Labute approximate surface area is 131 Å². The fraction of sp³-hybridized carbons (Fsp3) is 0.800. The zero-order valence-electron chi connectivity index (χ0n) is 14.0. The summed E-state index contributed by atoms with van der Waals surface area (Å²) in [4.78, 5) is 41.2. The molecule has 0 bridgehead atoms. The number of rotatable bonds is 1. The number of piperazine rings is 1. The van der Waals surface area contributed by atoms with Crippen molar-refractivity contribution in [3.05, 3.63) is 0 Å². The van der Waals surface area contributed by atoms with Crippen molar-refractivity contribution in [3.8, 4) is 0 Å². The van der Waals surface area contributed by atoms with E-state index in [1.54, 1.807) is 16.8 Å². The molecule has 0 aromatic carbocycles. The Morgan fingerprint density at radius 1 is 1.18 bits per heavy atom. The van der Waals surface area contributed by atoms with E-state index < -0.39 is 0 Å². The SMILES string of the molecule is CC1CN(C(=O)NC2CC(=O)N(C(C)(C)C)C2)CC(=O)N1C. The normalized spacial score (nSPS) is 26.7. The van der Waals surface area contributed by atoms with Crippen LogP contribution in [0, 0.1) is 0 Å². The van der Waals surface area contributed by atoms with Gasteiger partial charge in [0.25, 0.3) is 0 Å². The number of nitrogens with zero attached hydrogens (tertiary/aromatic N) is 3. The number of hydrogen-bond acceptors (Lipinski definition) is 3. The molecule has 2 unspecified atom stereocenters. The summed E-state index contributed by atoms with van der Waals surface area (Å²) >= 11 is 0. The lowest BCUT2D eigenvalue weighted by molar-refractivity contribution is -0.136. The smallest absolute Gasteiger partial charge is 0.318 e. The highest BCUT2D eigenvalue weighted by atomic mass is 16.2. The Morgan fingerprint density at radius 3 is 2.32 bits per heavy atom. The van der Waals surface area contributed by atoms with Crippen LogP contribution in [0.2, 0.25) is 0 Å². The highest BCUT2D eigenvalue weighted by Crippen LogP contribution is 2.22. The minimum atomic E-state index is -0.262. The number of carbonyl (C=O) groups is 3. The van der Waals surface area contributed by atoms with E-state index in [1.807, 2.05) is 27.7 Å². The molecule has 0 aromatic rings. The largest absolute Gasteiger partial charge is 0.340 e. The van der Waals surface area contributed by atoms with E-state index in [2.05, 4.69) is 5.32 Å². The molecule has 0 radical (unpaired) electrons. The first-order valence-electron chi connectivity index (χ1n) is 7.71. The maximum absolute atomic E-state index is 12.3. The summed E-state index contributed by atoms with van der Waals surface area (Å²) < 4.78 is 0. The average molecular weight is 310 g/mol. The number of carbonyl (C=O) groups excluding carboxylic acids is 3. The van der Waals surface area contributed by atoms with Crippen molar-refractivity contribution >= 4 is 17.8 Å². The van der Waals surface area contributed by atoms with Gasteiger partial charge >= 0.3 is 6.03 Å². The van der Waals surface area contributed by atoms with Crippen molar-refractivity contribution in [2.24, 2.45) is 0 Å². The van der Waals surface area contributed by atoms with Crippen LogP contribution in [0.1, 0.15) is 34.1 Å². The van der Waals surface area contributed by atoms with E-state index in [0.717, 1.165) is 0 Å². The molecule has 2 heterocycles. The quantitative estimate of drug-likeness (QED) is 0.755. The Morgan fingerprint density at radius 2 is 1.82 bits per heavy atom. The Bertz CT molecular complexity index is 486. The molecule has 0 aliphatic carbocycles. The molecule has 1 N–H and O–H groups in total. The lowest BCUT2D eigenvalue weighted by atomic mass is 10.1. The van der Waals surface area contributed by atoms with Gasteiger partial charge in [-0.05, 0) is 27.7 Å². The van der Waals surface area contributed by atoms with Crippen molar-refractivity contribution in [1.82, 2.24) is 20.0 Å². The summed E-state index contributed by atoms with van der Waals surface area (Å²) in [5.41, 5.74) is -0.241. The predicted molar refractivity (Wildman–Crippen MR) is 82.2 cm³/mol. The van der Waals surface area contributed by atoms with Crippen LogP contribution < -0.4 is 5.32 Å². The summed E-state index contributed by atoms with van der Waals surface area (Å²) in [5, 5.41) is 2.89. The van der Waals surface area contributed by atoms with E-state index in [-0.39, 0.29) is 42.0 Å². The zero-order valence-corrected chi connectivity index (χ0v) is 14.0. The van der Waals surface area contributed by atoms with E-state index in [9.17, 15) is 14.4 Å². The molecule has 2 rings (SSSR count). The van der Waals surface area contributed by atoms with Gasteiger partial charge in [-0.2, -0.15) is 0 Å². The van der Waals surface area contributed by atoms with Crippen LogP contribution in [0.4, 0.5) is 4.79 Å². The summed E-state index contributed by atoms with van der Waals surface area (Å²) in [7, 11) is 1.75. The molecule has 2 fully saturated rings. The minimum absolute atomic E-state index is 0.00304. The predicted octanol–water partition coefficient (Wildman–Crippen LogP) is 0.258. The molecular formula is C15H26N4O3. The maximum Gasteiger partial charge on any atom is 0.318 e. The van der Waals surface area contributed by atoms with E-state index in [0.29, 0.717) is 19.5 Å². The van der Waals surface area contributed by atoms with Crippen LogP contribution in [0.5, 0.6) is 0 Å². The van der Waals surface area contributed by atoms with Gasteiger partial charge in [-0.3, -0.25) is 9.59 Å². The Balaban J connectivity index is 1.93. The molecule has 2 aliphatic heterocycles. The van der Waals surface area contributed by atoms with E-state index in [4.69, 9.17) is 0 Å². The van der Waals surface area contributed by atoms with Gasteiger partial charge in [-0.25, -0.2) is 4.79 Å². The van der Waals surface area contributed by atoms with Gasteiger partial charge in [0.2, 0.25) is 11.8 Å². The first-order valence-corrected chi connectivity index (χ1v) is 7.71. The molecule has 22 heavy (non-hydrogen) atoms. The van der Waals surface area contributed by atoms with Crippen LogP contribution in [0.25, 0.3) is 0 Å². The lowest BCUT2D eigenvalue weighted by Crippen LogP contribution is -2.58. The van der Waals surface area contributed by atoms with Gasteiger partial charge in [0, 0.05) is 38.1 Å². The van der Waals surface area contributed by atoms with E-state index >= 15 is 0 Å². The molecule has 4 amide bonds. The second-order valence-corrected chi connectivity index (χ2v) is 7.26. The summed E-state index contributed by atoms with van der Waals surface area (Å²) in [6.07, 6.45) is 0.320. The molecule has 124 valence electrons. The third kappa shape index (κ3) is 3.34. The number of urea groups is 1. The third-order valence-electron chi connectivity index (χ3n) is 4.41. The Hall–Kier alpha value is -1.79. The molecule has 2 aliphatic rings.